The average molecular weight is 293 g/mol. The summed E-state index contributed by atoms with van der Waals surface area (Å²) >= 11 is 0. The Kier molecular flexibility index (Phi) is 5.30. The predicted molar refractivity (Wildman–Crippen MR) is 74.9 cm³/mol. The highest BCUT2D eigenvalue weighted by atomic mass is 16.5. The number of amides is 1. The number of hydrogen-bond donors (Lipinski definition) is 2. The Morgan fingerprint density at radius 1 is 1.48 bits per heavy atom. The molecule has 114 valence electrons. The third-order valence-electron chi connectivity index (χ3n) is 3.46. The zero-order valence-corrected chi connectivity index (χ0v) is 11.9. The molecule has 2 unspecified atom stereocenters. The van der Waals surface area contributed by atoms with Crippen LogP contribution >= 0.6 is 0 Å². The van der Waals surface area contributed by atoms with Gasteiger partial charge in [0, 0.05) is 20.1 Å². The molecule has 0 spiro atoms. The molecule has 1 amide bonds. The standard InChI is InChI=1S/C15H19NO5/c1-20-8-7-12(15(18)19)16-14(17)13-11-5-3-2-4-10(11)6-9-21-13/h2-5,12-13H,6-9H2,1H3,(H,16,17)(H,18,19). The lowest BCUT2D eigenvalue weighted by Crippen LogP contribution is -2.44. The number of carboxylic acids is 1. The van der Waals surface area contributed by atoms with Gasteiger partial charge in [-0.15, -0.1) is 0 Å². The first kappa shape index (κ1) is 15.5. The van der Waals surface area contributed by atoms with Crippen LogP contribution < -0.4 is 5.32 Å². The first-order chi connectivity index (χ1) is 10.1. The van der Waals surface area contributed by atoms with Gasteiger partial charge in [-0.3, -0.25) is 4.79 Å². The van der Waals surface area contributed by atoms with Crippen molar-refractivity contribution >= 4 is 11.9 Å². The van der Waals surface area contributed by atoms with E-state index < -0.39 is 24.0 Å². The number of carboxylic acid groups (broad SMARTS) is 1. The molecule has 0 bridgehead atoms. The molecule has 1 heterocycles. The maximum atomic E-state index is 12.3. The van der Waals surface area contributed by atoms with E-state index >= 15 is 0 Å². The molecule has 21 heavy (non-hydrogen) atoms. The molecular weight excluding hydrogens is 274 g/mol. The van der Waals surface area contributed by atoms with Gasteiger partial charge in [0.2, 0.25) is 0 Å². The minimum absolute atomic E-state index is 0.214. The topological polar surface area (TPSA) is 84.9 Å². The van der Waals surface area contributed by atoms with Gasteiger partial charge in [-0.25, -0.2) is 4.79 Å². The van der Waals surface area contributed by atoms with E-state index in [4.69, 9.17) is 14.6 Å². The van der Waals surface area contributed by atoms with Crippen LogP contribution in [-0.4, -0.2) is 43.3 Å². The van der Waals surface area contributed by atoms with Crippen LogP contribution in [0.4, 0.5) is 0 Å². The van der Waals surface area contributed by atoms with Crippen molar-refractivity contribution < 1.29 is 24.2 Å². The molecule has 1 aliphatic rings. The van der Waals surface area contributed by atoms with E-state index in [1.54, 1.807) is 0 Å². The lowest BCUT2D eigenvalue weighted by Gasteiger charge is -2.26. The zero-order chi connectivity index (χ0) is 15.2. The largest absolute Gasteiger partial charge is 0.480 e. The number of carbonyl (C=O) groups excluding carboxylic acids is 1. The van der Waals surface area contributed by atoms with Crippen LogP contribution in [0.2, 0.25) is 0 Å². The van der Waals surface area contributed by atoms with Gasteiger partial charge >= 0.3 is 5.97 Å². The summed E-state index contributed by atoms with van der Waals surface area (Å²) in [6.07, 6.45) is 0.220. The normalized spacial score (nSPS) is 18.6. The van der Waals surface area contributed by atoms with Crippen LogP contribution in [0.3, 0.4) is 0 Å². The Morgan fingerprint density at radius 3 is 2.95 bits per heavy atom. The summed E-state index contributed by atoms with van der Waals surface area (Å²) in [5, 5.41) is 11.6. The van der Waals surface area contributed by atoms with Crippen molar-refractivity contribution in [2.24, 2.45) is 0 Å². The van der Waals surface area contributed by atoms with E-state index in [0.29, 0.717) is 6.61 Å². The van der Waals surface area contributed by atoms with Crippen LogP contribution in [0.15, 0.2) is 24.3 Å². The van der Waals surface area contributed by atoms with Gasteiger partial charge in [0.15, 0.2) is 6.10 Å². The molecule has 6 heteroatoms. The molecule has 0 saturated carbocycles. The van der Waals surface area contributed by atoms with Gasteiger partial charge < -0.3 is 19.9 Å². The van der Waals surface area contributed by atoms with Gasteiger partial charge in [0.1, 0.15) is 6.04 Å². The van der Waals surface area contributed by atoms with Crippen molar-refractivity contribution in [3.05, 3.63) is 35.4 Å². The molecule has 2 rings (SSSR count). The van der Waals surface area contributed by atoms with Gasteiger partial charge in [-0.05, 0) is 17.5 Å². The number of rotatable bonds is 6. The summed E-state index contributed by atoms with van der Waals surface area (Å²) in [4.78, 5) is 23.5. The minimum atomic E-state index is -1.08. The molecule has 1 aliphatic heterocycles. The number of nitrogens with one attached hydrogen (secondary N) is 1. The molecule has 2 N–H and O–H groups in total. The molecule has 6 nitrogen and oxygen atoms in total. The summed E-state index contributed by atoms with van der Waals surface area (Å²) in [6.45, 7) is 0.713. The fourth-order valence-corrected chi connectivity index (χ4v) is 2.35. The number of hydrogen-bond acceptors (Lipinski definition) is 4. The summed E-state index contributed by atoms with van der Waals surface area (Å²) in [5.74, 6) is -1.50. The fraction of sp³-hybridized carbons (Fsp3) is 0.467. The van der Waals surface area contributed by atoms with E-state index in [1.165, 1.54) is 7.11 Å². The molecule has 0 fully saturated rings. The number of fused-ring (bicyclic) bond motifs is 1. The average Bonchev–Trinajstić information content (AvgIpc) is 2.50. The zero-order valence-electron chi connectivity index (χ0n) is 11.9. The van der Waals surface area contributed by atoms with Crippen molar-refractivity contribution in [3.8, 4) is 0 Å². The minimum Gasteiger partial charge on any atom is -0.480 e. The quantitative estimate of drug-likeness (QED) is 0.814. The Bertz CT molecular complexity index is 517. The second-order valence-electron chi connectivity index (χ2n) is 4.88. The van der Waals surface area contributed by atoms with Gasteiger partial charge in [0.25, 0.3) is 5.91 Å². The van der Waals surface area contributed by atoms with E-state index in [1.807, 2.05) is 24.3 Å². The third kappa shape index (κ3) is 3.80. The van der Waals surface area contributed by atoms with Crippen LogP contribution in [0.25, 0.3) is 0 Å². The highest BCUT2D eigenvalue weighted by Crippen LogP contribution is 2.27. The van der Waals surface area contributed by atoms with E-state index in [0.717, 1.165) is 17.5 Å². The second-order valence-corrected chi connectivity index (χ2v) is 4.88. The van der Waals surface area contributed by atoms with Gasteiger partial charge in [-0.2, -0.15) is 0 Å². The molecule has 2 atom stereocenters. The smallest absolute Gasteiger partial charge is 0.326 e. The Morgan fingerprint density at radius 2 is 2.24 bits per heavy atom. The summed E-state index contributed by atoms with van der Waals surface area (Å²) in [7, 11) is 1.49. The lowest BCUT2D eigenvalue weighted by molar-refractivity contribution is -0.145. The van der Waals surface area contributed by atoms with Gasteiger partial charge in [-0.1, -0.05) is 24.3 Å². The number of methoxy groups -OCH3 is 1. The van der Waals surface area contributed by atoms with Crippen molar-refractivity contribution in [3.63, 3.8) is 0 Å². The first-order valence-electron chi connectivity index (χ1n) is 6.85. The predicted octanol–water partition coefficient (Wildman–Crippen LogP) is 0.906. The van der Waals surface area contributed by atoms with Crippen molar-refractivity contribution in [2.75, 3.05) is 20.3 Å². The third-order valence-corrected chi connectivity index (χ3v) is 3.46. The highest BCUT2D eigenvalue weighted by molar-refractivity contribution is 5.87. The Balaban J connectivity index is 2.08. The first-order valence-corrected chi connectivity index (χ1v) is 6.85. The summed E-state index contributed by atoms with van der Waals surface area (Å²) in [6, 6.07) is 6.57. The molecule has 0 aliphatic carbocycles. The molecule has 0 radical (unpaired) electrons. The number of aliphatic carboxylic acids is 1. The SMILES string of the molecule is COCCC(NC(=O)C1OCCc2ccccc21)C(=O)O. The van der Waals surface area contributed by atoms with Crippen molar-refractivity contribution in [2.45, 2.75) is 25.0 Å². The maximum Gasteiger partial charge on any atom is 0.326 e. The van der Waals surface area contributed by atoms with E-state index in [2.05, 4.69) is 5.32 Å². The van der Waals surface area contributed by atoms with Crippen molar-refractivity contribution in [1.82, 2.24) is 5.32 Å². The number of ether oxygens (including phenoxy) is 2. The Labute approximate surface area is 123 Å². The molecule has 0 saturated heterocycles. The van der Waals surface area contributed by atoms with Crippen molar-refractivity contribution in [1.29, 1.82) is 0 Å². The van der Waals surface area contributed by atoms with Crippen LogP contribution in [0.5, 0.6) is 0 Å². The fourth-order valence-electron chi connectivity index (χ4n) is 2.35. The van der Waals surface area contributed by atoms with Crippen LogP contribution in [0, 0.1) is 0 Å². The lowest BCUT2D eigenvalue weighted by atomic mass is 9.97. The molecule has 0 aromatic heterocycles. The maximum absolute atomic E-state index is 12.3. The summed E-state index contributed by atoms with van der Waals surface area (Å²) in [5.41, 5.74) is 1.87. The second kappa shape index (κ2) is 7.19. The Hall–Kier alpha value is -1.92. The molecule has 1 aromatic rings. The highest BCUT2D eigenvalue weighted by Gasteiger charge is 2.30. The number of carbonyl (C=O) groups is 2. The summed E-state index contributed by atoms with van der Waals surface area (Å²) < 4.78 is 10.4. The van der Waals surface area contributed by atoms with E-state index in [9.17, 15) is 9.59 Å². The van der Waals surface area contributed by atoms with Crippen LogP contribution in [-0.2, 0) is 25.5 Å². The molecular formula is C15H19NO5. The van der Waals surface area contributed by atoms with Crippen LogP contribution in [0.1, 0.15) is 23.7 Å². The monoisotopic (exact) mass is 293 g/mol. The molecule has 1 aromatic carbocycles. The van der Waals surface area contributed by atoms with E-state index in [-0.39, 0.29) is 13.0 Å². The number of benzene rings is 1. The van der Waals surface area contributed by atoms with Gasteiger partial charge in [0.05, 0.1) is 6.61 Å².